The summed E-state index contributed by atoms with van der Waals surface area (Å²) in [5.41, 5.74) is 5.78. The largest absolute Gasteiger partial charge is 0.478 e. The molecule has 0 aromatic carbocycles. The van der Waals surface area contributed by atoms with Gasteiger partial charge in [-0.25, -0.2) is 4.98 Å². The van der Waals surface area contributed by atoms with Gasteiger partial charge in [0.2, 0.25) is 5.88 Å². The first kappa shape index (κ1) is 12.1. The third-order valence-corrected chi connectivity index (χ3v) is 3.04. The molecule has 0 saturated carbocycles. The molecular formula is C12H20N4O. The van der Waals surface area contributed by atoms with Crippen molar-refractivity contribution < 1.29 is 4.74 Å². The Balaban J connectivity index is 2.24. The van der Waals surface area contributed by atoms with Gasteiger partial charge in [0, 0.05) is 25.2 Å². The Kier molecular flexibility index (Phi) is 3.78. The summed E-state index contributed by atoms with van der Waals surface area (Å²) in [6, 6.07) is 2.31. The fourth-order valence-electron chi connectivity index (χ4n) is 2.28. The number of aromatic nitrogens is 2. The van der Waals surface area contributed by atoms with Gasteiger partial charge in [0.25, 0.3) is 0 Å². The van der Waals surface area contributed by atoms with E-state index in [-0.39, 0.29) is 0 Å². The minimum atomic E-state index is 0.402. The van der Waals surface area contributed by atoms with Crippen molar-refractivity contribution in [2.45, 2.75) is 32.7 Å². The predicted molar refractivity (Wildman–Crippen MR) is 67.4 cm³/mol. The molecule has 17 heavy (non-hydrogen) atoms. The maximum absolute atomic E-state index is 5.78. The highest BCUT2D eigenvalue weighted by atomic mass is 16.5. The van der Waals surface area contributed by atoms with Crippen LogP contribution in [0.3, 0.4) is 0 Å². The van der Waals surface area contributed by atoms with Gasteiger partial charge in [-0.1, -0.05) is 0 Å². The molecule has 1 aromatic rings. The van der Waals surface area contributed by atoms with E-state index in [1.165, 1.54) is 6.42 Å². The zero-order valence-electron chi connectivity index (χ0n) is 10.5. The molecule has 0 aliphatic carbocycles. The highest BCUT2D eigenvalue weighted by Gasteiger charge is 2.25. The van der Waals surface area contributed by atoms with Crippen molar-refractivity contribution >= 4 is 5.82 Å². The lowest BCUT2D eigenvalue weighted by molar-refractivity contribution is 0.325. The average molecular weight is 236 g/mol. The standard InChI is InChI=1S/C12H20N4O/c1-3-17-12-7-11(14-9(2)15-12)16-6-4-5-10(16)8-13/h7,10H,3-6,8,13H2,1-2H3. The summed E-state index contributed by atoms with van der Waals surface area (Å²) in [7, 11) is 0. The molecule has 1 fully saturated rings. The molecular weight excluding hydrogens is 216 g/mol. The molecule has 2 N–H and O–H groups in total. The summed E-state index contributed by atoms with van der Waals surface area (Å²) in [4.78, 5) is 11.0. The summed E-state index contributed by atoms with van der Waals surface area (Å²) in [5.74, 6) is 2.33. The number of nitrogens with two attached hydrogens (primary N) is 1. The van der Waals surface area contributed by atoms with Crippen LogP contribution in [0.4, 0.5) is 5.82 Å². The third-order valence-electron chi connectivity index (χ3n) is 3.04. The molecule has 2 heterocycles. The van der Waals surface area contributed by atoms with Gasteiger partial charge in [0.05, 0.1) is 6.61 Å². The molecule has 1 unspecified atom stereocenters. The quantitative estimate of drug-likeness (QED) is 0.848. The molecule has 2 rings (SSSR count). The van der Waals surface area contributed by atoms with Crippen molar-refractivity contribution in [1.29, 1.82) is 0 Å². The van der Waals surface area contributed by atoms with E-state index in [4.69, 9.17) is 10.5 Å². The van der Waals surface area contributed by atoms with Gasteiger partial charge in [-0.3, -0.25) is 0 Å². The van der Waals surface area contributed by atoms with Crippen LogP contribution in [0.15, 0.2) is 6.07 Å². The lowest BCUT2D eigenvalue weighted by Gasteiger charge is -2.24. The predicted octanol–water partition coefficient (Wildman–Crippen LogP) is 1.11. The Morgan fingerprint density at radius 1 is 1.53 bits per heavy atom. The normalized spacial score (nSPS) is 19.7. The number of anilines is 1. The molecule has 1 saturated heterocycles. The summed E-state index contributed by atoms with van der Waals surface area (Å²) >= 11 is 0. The van der Waals surface area contributed by atoms with E-state index in [0.717, 1.165) is 24.6 Å². The molecule has 5 nitrogen and oxygen atoms in total. The van der Waals surface area contributed by atoms with Gasteiger partial charge in [-0.05, 0) is 26.7 Å². The second-order valence-corrected chi connectivity index (χ2v) is 4.27. The molecule has 1 aliphatic rings. The lowest BCUT2D eigenvalue weighted by atomic mass is 10.2. The summed E-state index contributed by atoms with van der Waals surface area (Å²) in [6.45, 7) is 6.16. The highest BCUT2D eigenvalue weighted by Crippen LogP contribution is 2.25. The van der Waals surface area contributed by atoms with Crippen LogP contribution in [-0.4, -0.2) is 35.7 Å². The van der Waals surface area contributed by atoms with E-state index in [1.807, 2.05) is 19.9 Å². The minimum Gasteiger partial charge on any atom is -0.478 e. The Hall–Kier alpha value is -1.36. The van der Waals surface area contributed by atoms with E-state index < -0.39 is 0 Å². The Labute approximate surface area is 102 Å². The van der Waals surface area contributed by atoms with E-state index in [0.29, 0.717) is 25.1 Å². The smallest absolute Gasteiger partial charge is 0.218 e. The molecule has 1 aliphatic heterocycles. The van der Waals surface area contributed by atoms with E-state index in [9.17, 15) is 0 Å². The van der Waals surface area contributed by atoms with Crippen molar-refractivity contribution in [2.75, 3.05) is 24.6 Å². The van der Waals surface area contributed by atoms with Crippen LogP contribution in [0.25, 0.3) is 0 Å². The molecule has 0 amide bonds. The molecule has 0 bridgehead atoms. The molecule has 0 spiro atoms. The van der Waals surface area contributed by atoms with Crippen LogP contribution in [0.5, 0.6) is 5.88 Å². The first-order valence-corrected chi connectivity index (χ1v) is 6.19. The molecule has 0 radical (unpaired) electrons. The number of ether oxygens (including phenoxy) is 1. The highest BCUT2D eigenvalue weighted by molar-refractivity contribution is 5.44. The number of hydrogen-bond acceptors (Lipinski definition) is 5. The number of hydrogen-bond donors (Lipinski definition) is 1. The zero-order valence-corrected chi connectivity index (χ0v) is 10.5. The second kappa shape index (κ2) is 5.31. The van der Waals surface area contributed by atoms with Crippen molar-refractivity contribution in [3.8, 4) is 5.88 Å². The van der Waals surface area contributed by atoms with E-state index in [1.54, 1.807) is 0 Å². The minimum absolute atomic E-state index is 0.402. The molecule has 94 valence electrons. The van der Waals surface area contributed by atoms with E-state index in [2.05, 4.69) is 14.9 Å². The Bertz CT molecular complexity index is 383. The number of nitrogens with zero attached hydrogens (tertiary/aromatic N) is 3. The zero-order chi connectivity index (χ0) is 12.3. The van der Waals surface area contributed by atoms with Gasteiger partial charge < -0.3 is 15.4 Å². The maximum atomic E-state index is 5.78. The van der Waals surface area contributed by atoms with Crippen molar-refractivity contribution in [2.24, 2.45) is 5.73 Å². The van der Waals surface area contributed by atoms with Crippen molar-refractivity contribution in [1.82, 2.24) is 9.97 Å². The van der Waals surface area contributed by atoms with E-state index >= 15 is 0 Å². The van der Waals surface area contributed by atoms with Gasteiger partial charge in [0.15, 0.2) is 0 Å². The summed E-state index contributed by atoms with van der Waals surface area (Å²) < 4.78 is 5.45. The Morgan fingerprint density at radius 3 is 3.06 bits per heavy atom. The summed E-state index contributed by atoms with van der Waals surface area (Å²) in [5, 5.41) is 0. The van der Waals surface area contributed by atoms with Gasteiger partial charge in [0.1, 0.15) is 11.6 Å². The number of aryl methyl sites for hydroxylation is 1. The summed E-state index contributed by atoms with van der Waals surface area (Å²) in [6.07, 6.45) is 2.32. The second-order valence-electron chi connectivity index (χ2n) is 4.27. The van der Waals surface area contributed by atoms with Crippen LogP contribution in [0.1, 0.15) is 25.6 Å². The van der Waals surface area contributed by atoms with Crippen LogP contribution < -0.4 is 15.4 Å². The Morgan fingerprint density at radius 2 is 2.35 bits per heavy atom. The average Bonchev–Trinajstić information content (AvgIpc) is 2.76. The lowest BCUT2D eigenvalue weighted by Crippen LogP contribution is -2.36. The fraction of sp³-hybridized carbons (Fsp3) is 0.667. The van der Waals surface area contributed by atoms with Crippen molar-refractivity contribution in [3.05, 3.63) is 11.9 Å². The fourth-order valence-corrected chi connectivity index (χ4v) is 2.28. The van der Waals surface area contributed by atoms with Crippen LogP contribution in [-0.2, 0) is 0 Å². The third kappa shape index (κ3) is 2.66. The van der Waals surface area contributed by atoms with Crippen LogP contribution in [0.2, 0.25) is 0 Å². The maximum Gasteiger partial charge on any atom is 0.218 e. The first-order chi connectivity index (χ1) is 8.24. The van der Waals surface area contributed by atoms with Gasteiger partial charge in [-0.15, -0.1) is 0 Å². The van der Waals surface area contributed by atoms with Crippen LogP contribution >= 0.6 is 0 Å². The number of rotatable bonds is 4. The molecule has 5 heteroatoms. The topological polar surface area (TPSA) is 64.3 Å². The van der Waals surface area contributed by atoms with Gasteiger partial charge >= 0.3 is 0 Å². The first-order valence-electron chi connectivity index (χ1n) is 6.19. The monoisotopic (exact) mass is 236 g/mol. The molecule has 1 aromatic heterocycles. The van der Waals surface area contributed by atoms with Crippen LogP contribution in [0, 0.1) is 6.92 Å². The SMILES string of the molecule is CCOc1cc(N2CCCC2CN)nc(C)n1. The molecule has 1 atom stereocenters. The van der Waals surface area contributed by atoms with Crippen molar-refractivity contribution in [3.63, 3.8) is 0 Å². The van der Waals surface area contributed by atoms with Gasteiger partial charge in [-0.2, -0.15) is 4.98 Å².